The monoisotopic (exact) mass is 372 g/mol. The van der Waals surface area contributed by atoms with E-state index in [4.69, 9.17) is 11.5 Å². The van der Waals surface area contributed by atoms with Crippen LogP contribution in [0, 0.1) is 19.7 Å². The number of hydrogen-bond acceptors (Lipinski definition) is 7. The number of aromatic nitrogens is 4. The van der Waals surface area contributed by atoms with Gasteiger partial charge in [0.15, 0.2) is 10.9 Å². The van der Waals surface area contributed by atoms with Crippen LogP contribution in [0.4, 0.5) is 16.3 Å². The largest absolute Gasteiger partial charge is 0.368 e. The predicted octanol–water partition coefficient (Wildman–Crippen LogP) is 2.56. The van der Waals surface area contributed by atoms with E-state index in [-0.39, 0.29) is 29.2 Å². The predicted molar refractivity (Wildman–Crippen MR) is 98.9 cm³/mol. The molecule has 7 nitrogen and oxygen atoms in total. The fourth-order valence-electron chi connectivity index (χ4n) is 2.69. The Morgan fingerprint density at radius 3 is 2.35 bits per heavy atom. The summed E-state index contributed by atoms with van der Waals surface area (Å²) in [6.07, 6.45) is 0. The van der Waals surface area contributed by atoms with Crippen LogP contribution in [0.15, 0.2) is 35.5 Å². The lowest BCUT2D eigenvalue weighted by molar-refractivity contribution is 0.102. The molecule has 9 heteroatoms. The second-order valence-electron chi connectivity index (χ2n) is 5.64. The van der Waals surface area contributed by atoms with Crippen LogP contribution >= 0.6 is 11.8 Å². The van der Waals surface area contributed by atoms with Crippen LogP contribution < -0.4 is 11.5 Å². The van der Waals surface area contributed by atoms with Crippen LogP contribution in [-0.4, -0.2) is 31.1 Å². The Morgan fingerprint density at radius 1 is 1.12 bits per heavy atom. The van der Waals surface area contributed by atoms with Gasteiger partial charge in [-0.3, -0.25) is 4.79 Å². The Balaban J connectivity index is 1.82. The minimum Gasteiger partial charge on any atom is -0.368 e. The average molecular weight is 372 g/mol. The number of Topliss-reactive ketones (excluding diaryl/α,β-unsaturated/α-hetero) is 1. The molecule has 0 bridgehead atoms. The first-order valence-electron chi connectivity index (χ1n) is 7.73. The summed E-state index contributed by atoms with van der Waals surface area (Å²) in [5.41, 5.74) is 14.1. The van der Waals surface area contributed by atoms with E-state index in [1.54, 1.807) is 12.1 Å². The van der Waals surface area contributed by atoms with Crippen LogP contribution in [0.3, 0.4) is 0 Å². The molecule has 0 unspecified atom stereocenters. The number of rotatable bonds is 5. The molecule has 4 N–H and O–H groups in total. The van der Waals surface area contributed by atoms with E-state index < -0.39 is 0 Å². The van der Waals surface area contributed by atoms with Gasteiger partial charge in [0.25, 0.3) is 0 Å². The quantitative estimate of drug-likeness (QED) is 0.523. The van der Waals surface area contributed by atoms with Gasteiger partial charge in [0.1, 0.15) is 5.82 Å². The third-order valence-electron chi connectivity index (χ3n) is 3.80. The van der Waals surface area contributed by atoms with Crippen molar-refractivity contribution in [1.82, 2.24) is 19.5 Å². The Hall–Kier alpha value is -2.94. The smallest absolute Gasteiger partial charge is 0.225 e. The number of carbonyl (C=O) groups is 1. The zero-order valence-corrected chi connectivity index (χ0v) is 15.0. The molecule has 2 aromatic heterocycles. The molecule has 26 heavy (non-hydrogen) atoms. The fourth-order valence-corrected chi connectivity index (χ4v) is 3.43. The summed E-state index contributed by atoms with van der Waals surface area (Å²) in [4.78, 5) is 24.2. The third kappa shape index (κ3) is 3.67. The van der Waals surface area contributed by atoms with Crippen LogP contribution in [0.25, 0.3) is 5.69 Å². The van der Waals surface area contributed by atoms with Gasteiger partial charge < -0.3 is 16.0 Å². The highest BCUT2D eigenvalue weighted by molar-refractivity contribution is 7.99. The number of anilines is 2. The molecule has 0 aliphatic rings. The van der Waals surface area contributed by atoms with Crippen molar-refractivity contribution in [3.05, 3.63) is 53.1 Å². The van der Waals surface area contributed by atoms with Gasteiger partial charge in [0, 0.05) is 22.6 Å². The van der Waals surface area contributed by atoms with E-state index in [1.165, 1.54) is 12.1 Å². The first kappa shape index (κ1) is 17.9. The Labute approximate surface area is 153 Å². The first-order chi connectivity index (χ1) is 12.3. The van der Waals surface area contributed by atoms with E-state index in [1.807, 2.05) is 24.5 Å². The van der Waals surface area contributed by atoms with Crippen molar-refractivity contribution >= 4 is 29.4 Å². The van der Waals surface area contributed by atoms with E-state index in [0.717, 1.165) is 28.8 Å². The number of hydrogen-bond donors (Lipinski definition) is 2. The molecule has 134 valence electrons. The molecule has 2 heterocycles. The maximum Gasteiger partial charge on any atom is 0.225 e. The van der Waals surface area contributed by atoms with Crippen molar-refractivity contribution in [2.24, 2.45) is 0 Å². The highest BCUT2D eigenvalue weighted by Crippen LogP contribution is 2.24. The highest BCUT2D eigenvalue weighted by Gasteiger charge is 2.17. The molecule has 0 aliphatic carbocycles. The fraction of sp³-hybridized carbons (Fsp3) is 0.176. The van der Waals surface area contributed by atoms with Gasteiger partial charge in [-0.15, -0.1) is 0 Å². The first-order valence-corrected chi connectivity index (χ1v) is 8.71. The normalized spacial score (nSPS) is 10.9. The Bertz CT molecular complexity index is 950. The minimum absolute atomic E-state index is 0.0157. The highest BCUT2D eigenvalue weighted by atomic mass is 32.2. The van der Waals surface area contributed by atoms with Crippen molar-refractivity contribution in [3.8, 4) is 5.69 Å². The van der Waals surface area contributed by atoms with Gasteiger partial charge >= 0.3 is 0 Å². The maximum atomic E-state index is 13.2. The van der Waals surface area contributed by atoms with Gasteiger partial charge in [-0.1, -0.05) is 11.8 Å². The molecular formula is C17H17FN6OS. The number of nitrogens with zero attached hydrogens (tertiary/aromatic N) is 4. The van der Waals surface area contributed by atoms with Gasteiger partial charge in [-0.25, -0.2) is 4.39 Å². The number of benzene rings is 1. The van der Waals surface area contributed by atoms with Crippen molar-refractivity contribution < 1.29 is 9.18 Å². The minimum atomic E-state index is -0.306. The van der Waals surface area contributed by atoms with Crippen molar-refractivity contribution in [2.75, 3.05) is 17.2 Å². The van der Waals surface area contributed by atoms with Crippen molar-refractivity contribution in [2.45, 2.75) is 19.0 Å². The molecule has 0 spiro atoms. The van der Waals surface area contributed by atoms with Crippen LogP contribution in [0.1, 0.15) is 21.7 Å². The lowest BCUT2D eigenvalue weighted by atomic mass is 10.2. The van der Waals surface area contributed by atoms with Crippen LogP contribution in [0.2, 0.25) is 0 Å². The van der Waals surface area contributed by atoms with Crippen molar-refractivity contribution in [1.29, 1.82) is 0 Å². The van der Waals surface area contributed by atoms with Crippen LogP contribution in [0.5, 0.6) is 0 Å². The lowest BCUT2D eigenvalue weighted by Gasteiger charge is -2.09. The Kier molecular flexibility index (Phi) is 4.90. The van der Waals surface area contributed by atoms with E-state index in [0.29, 0.717) is 10.7 Å². The second-order valence-corrected chi connectivity index (χ2v) is 6.59. The molecule has 0 fully saturated rings. The SMILES string of the molecule is Cc1cc(C(=O)CSc2nc(N)nc(N)n2)c(C)n1-c1ccc(F)cc1. The number of nitrogen functional groups attached to an aromatic ring is 2. The maximum absolute atomic E-state index is 13.2. The molecule has 0 saturated heterocycles. The number of aryl methyl sites for hydroxylation is 1. The number of halogens is 1. The zero-order valence-electron chi connectivity index (χ0n) is 14.2. The summed E-state index contributed by atoms with van der Waals surface area (Å²) < 4.78 is 15.1. The van der Waals surface area contributed by atoms with E-state index >= 15 is 0 Å². The van der Waals surface area contributed by atoms with Gasteiger partial charge in [-0.05, 0) is 44.2 Å². The molecule has 0 amide bonds. The summed E-state index contributed by atoms with van der Waals surface area (Å²) in [6, 6.07) is 7.95. The molecule has 3 aromatic rings. The number of nitrogens with two attached hydrogens (primary N) is 2. The average Bonchev–Trinajstić information content (AvgIpc) is 2.87. The molecule has 0 saturated carbocycles. The molecule has 1 aromatic carbocycles. The number of carbonyl (C=O) groups excluding carboxylic acids is 1. The van der Waals surface area contributed by atoms with E-state index in [2.05, 4.69) is 15.0 Å². The number of thioether (sulfide) groups is 1. The molecule has 0 radical (unpaired) electrons. The summed E-state index contributed by atoms with van der Waals surface area (Å²) in [7, 11) is 0. The molecule has 3 rings (SSSR count). The zero-order chi connectivity index (χ0) is 18.8. The van der Waals surface area contributed by atoms with Gasteiger partial charge in [0.05, 0.1) is 5.75 Å². The summed E-state index contributed by atoms with van der Waals surface area (Å²) in [5, 5.41) is 0.302. The summed E-state index contributed by atoms with van der Waals surface area (Å²) in [5.74, 6) is -0.214. The summed E-state index contributed by atoms with van der Waals surface area (Å²) in [6.45, 7) is 3.75. The van der Waals surface area contributed by atoms with Gasteiger partial charge in [0.2, 0.25) is 11.9 Å². The summed E-state index contributed by atoms with van der Waals surface area (Å²) >= 11 is 1.14. The van der Waals surface area contributed by atoms with Crippen molar-refractivity contribution in [3.63, 3.8) is 0 Å². The molecule has 0 aliphatic heterocycles. The van der Waals surface area contributed by atoms with Gasteiger partial charge in [-0.2, -0.15) is 15.0 Å². The standard InChI is InChI=1S/C17H17FN6OS/c1-9-7-13(10(2)24(9)12-5-3-11(18)4-6-12)14(25)8-26-17-22-15(19)21-16(20)23-17/h3-7H,8H2,1-2H3,(H4,19,20,21,22,23). The Morgan fingerprint density at radius 2 is 1.73 bits per heavy atom. The second kappa shape index (κ2) is 7.12. The molecular weight excluding hydrogens is 355 g/mol. The lowest BCUT2D eigenvalue weighted by Crippen LogP contribution is -2.08. The topological polar surface area (TPSA) is 113 Å². The number of ketones is 1. The molecule has 0 atom stereocenters. The van der Waals surface area contributed by atoms with Crippen LogP contribution in [-0.2, 0) is 0 Å². The third-order valence-corrected chi connectivity index (χ3v) is 4.65. The van der Waals surface area contributed by atoms with E-state index in [9.17, 15) is 9.18 Å².